The summed E-state index contributed by atoms with van der Waals surface area (Å²) in [7, 11) is 4.57. The van der Waals surface area contributed by atoms with Crippen molar-refractivity contribution < 1.29 is 23.8 Å². The van der Waals surface area contributed by atoms with Crippen LogP contribution in [0.1, 0.15) is 25.3 Å². The van der Waals surface area contributed by atoms with Gasteiger partial charge in [0, 0.05) is 32.5 Å². The molecule has 11 heteroatoms. The minimum atomic E-state index is -0.661. The van der Waals surface area contributed by atoms with E-state index in [9.17, 15) is 9.59 Å². The summed E-state index contributed by atoms with van der Waals surface area (Å²) in [6.07, 6.45) is 1.80. The first-order valence-electron chi connectivity index (χ1n) is 10.7. The molecular formula is C22H30N6O5. The average Bonchev–Trinajstić information content (AvgIpc) is 2.83. The summed E-state index contributed by atoms with van der Waals surface area (Å²) in [6, 6.07) is 7.12. The van der Waals surface area contributed by atoms with Crippen molar-refractivity contribution >= 4 is 17.8 Å². The van der Waals surface area contributed by atoms with Gasteiger partial charge in [0.25, 0.3) is 0 Å². The van der Waals surface area contributed by atoms with Crippen molar-refractivity contribution in [1.82, 2.24) is 25.6 Å². The van der Waals surface area contributed by atoms with E-state index in [0.29, 0.717) is 38.3 Å². The van der Waals surface area contributed by atoms with Gasteiger partial charge in [-0.1, -0.05) is 12.1 Å². The summed E-state index contributed by atoms with van der Waals surface area (Å²) in [4.78, 5) is 39.2. The van der Waals surface area contributed by atoms with Gasteiger partial charge in [-0.3, -0.25) is 9.59 Å². The number of hydrogen-bond donors (Lipinski definition) is 2. The Labute approximate surface area is 192 Å². The number of piperidine rings is 1. The molecule has 33 heavy (non-hydrogen) atoms. The highest BCUT2D eigenvalue weighted by Gasteiger charge is 2.27. The Kier molecular flexibility index (Phi) is 8.22. The number of rotatable bonds is 9. The number of carbonyl (C=O) groups excluding carboxylic acids is 2. The van der Waals surface area contributed by atoms with Gasteiger partial charge in [-0.25, -0.2) is 0 Å². The second-order valence-electron chi connectivity index (χ2n) is 7.68. The zero-order valence-electron chi connectivity index (χ0n) is 19.3. The van der Waals surface area contributed by atoms with Crippen LogP contribution in [0.15, 0.2) is 24.3 Å². The van der Waals surface area contributed by atoms with Crippen LogP contribution in [0.5, 0.6) is 17.8 Å². The van der Waals surface area contributed by atoms with Crippen molar-refractivity contribution in [3.8, 4) is 17.8 Å². The summed E-state index contributed by atoms with van der Waals surface area (Å²) in [5, 5.41) is 5.84. The Balaban J connectivity index is 1.59. The Hall–Kier alpha value is -3.63. The van der Waals surface area contributed by atoms with E-state index in [1.165, 1.54) is 21.1 Å². The summed E-state index contributed by atoms with van der Waals surface area (Å²) in [5.41, 5.74) is 0.928. The molecule has 2 aromatic rings. The third kappa shape index (κ3) is 6.67. The van der Waals surface area contributed by atoms with E-state index in [1.807, 2.05) is 29.2 Å². The minimum absolute atomic E-state index is 0.0218. The van der Waals surface area contributed by atoms with E-state index in [0.717, 1.165) is 11.3 Å². The predicted molar refractivity (Wildman–Crippen MR) is 121 cm³/mol. The van der Waals surface area contributed by atoms with Crippen LogP contribution in [-0.4, -0.2) is 73.3 Å². The highest BCUT2D eigenvalue weighted by atomic mass is 16.5. The van der Waals surface area contributed by atoms with Crippen LogP contribution in [0.4, 0.5) is 5.95 Å². The molecule has 2 heterocycles. The monoisotopic (exact) mass is 458 g/mol. The second kappa shape index (κ2) is 11.3. The second-order valence-corrected chi connectivity index (χ2v) is 7.68. The Morgan fingerprint density at radius 2 is 1.61 bits per heavy atom. The summed E-state index contributed by atoms with van der Waals surface area (Å²) in [5.74, 6) is 0.748. The van der Waals surface area contributed by atoms with Crippen molar-refractivity contribution in [3.63, 3.8) is 0 Å². The third-order valence-corrected chi connectivity index (χ3v) is 5.36. The average molecular weight is 459 g/mol. The van der Waals surface area contributed by atoms with Gasteiger partial charge < -0.3 is 29.7 Å². The number of anilines is 1. The fourth-order valence-corrected chi connectivity index (χ4v) is 3.63. The Morgan fingerprint density at radius 3 is 2.12 bits per heavy atom. The van der Waals surface area contributed by atoms with Crippen LogP contribution in [0.25, 0.3) is 0 Å². The molecule has 0 bridgehead atoms. The number of ether oxygens (including phenoxy) is 3. The zero-order chi connectivity index (χ0) is 23.8. The van der Waals surface area contributed by atoms with Gasteiger partial charge in [-0.05, 0) is 30.5 Å². The van der Waals surface area contributed by atoms with E-state index >= 15 is 0 Å². The summed E-state index contributed by atoms with van der Waals surface area (Å²) >= 11 is 0. The maximum atomic E-state index is 13.0. The van der Waals surface area contributed by atoms with Gasteiger partial charge >= 0.3 is 12.0 Å². The van der Waals surface area contributed by atoms with Crippen molar-refractivity contribution in [3.05, 3.63) is 29.8 Å². The van der Waals surface area contributed by atoms with Crippen LogP contribution >= 0.6 is 0 Å². The van der Waals surface area contributed by atoms with Crippen LogP contribution in [0, 0.1) is 0 Å². The van der Waals surface area contributed by atoms with Gasteiger partial charge in [0.2, 0.25) is 17.8 Å². The van der Waals surface area contributed by atoms with Crippen LogP contribution in [-0.2, 0) is 16.0 Å². The van der Waals surface area contributed by atoms with Crippen molar-refractivity contribution in [2.75, 3.05) is 39.3 Å². The molecule has 0 unspecified atom stereocenters. The topological polar surface area (TPSA) is 128 Å². The number of methoxy groups -OCH3 is 3. The number of amides is 2. The van der Waals surface area contributed by atoms with Gasteiger partial charge in [-0.2, -0.15) is 9.97 Å². The first-order chi connectivity index (χ1) is 15.9. The predicted octanol–water partition coefficient (Wildman–Crippen LogP) is 0.730. The van der Waals surface area contributed by atoms with E-state index < -0.39 is 6.04 Å². The molecule has 2 N–H and O–H groups in total. The Morgan fingerprint density at radius 1 is 1.00 bits per heavy atom. The molecule has 1 fully saturated rings. The Bertz CT molecular complexity index is 925. The molecular weight excluding hydrogens is 428 g/mol. The molecule has 0 aliphatic carbocycles. The maximum Gasteiger partial charge on any atom is 0.324 e. The quantitative estimate of drug-likeness (QED) is 0.559. The van der Waals surface area contributed by atoms with Crippen molar-refractivity contribution in [2.45, 2.75) is 38.3 Å². The molecule has 1 saturated heterocycles. The number of benzene rings is 1. The fraction of sp³-hybridized carbons (Fsp3) is 0.500. The molecule has 178 valence electrons. The number of nitrogens with zero attached hydrogens (tertiary/aromatic N) is 4. The lowest BCUT2D eigenvalue weighted by Crippen LogP contribution is -2.52. The molecule has 2 amide bonds. The number of carbonyl (C=O) groups is 2. The SMILES string of the molecule is COc1ccc(C[C@@H](NC(C)=O)C(=O)NC2CCN(c3nc(OC)nc(OC)n3)CC2)cc1. The maximum absolute atomic E-state index is 13.0. The van der Waals surface area contributed by atoms with Gasteiger partial charge in [0.05, 0.1) is 21.3 Å². The smallest absolute Gasteiger partial charge is 0.324 e. The van der Waals surface area contributed by atoms with E-state index in [-0.39, 0.29) is 29.9 Å². The number of aromatic nitrogens is 3. The van der Waals surface area contributed by atoms with E-state index in [2.05, 4.69) is 25.6 Å². The highest BCUT2D eigenvalue weighted by Crippen LogP contribution is 2.20. The molecule has 0 radical (unpaired) electrons. The van der Waals surface area contributed by atoms with Crippen molar-refractivity contribution in [1.29, 1.82) is 0 Å². The molecule has 1 aliphatic heterocycles. The van der Waals surface area contributed by atoms with E-state index in [4.69, 9.17) is 14.2 Å². The third-order valence-electron chi connectivity index (χ3n) is 5.36. The van der Waals surface area contributed by atoms with Crippen LogP contribution in [0.3, 0.4) is 0 Å². The minimum Gasteiger partial charge on any atom is -0.497 e. The highest BCUT2D eigenvalue weighted by molar-refractivity contribution is 5.87. The lowest BCUT2D eigenvalue weighted by molar-refractivity contribution is -0.128. The molecule has 1 aromatic carbocycles. The lowest BCUT2D eigenvalue weighted by Gasteiger charge is -2.33. The number of nitrogens with one attached hydrogen (secondary N) is 2. The number of hydrogen-bond acceptors (Lipinski definition) is 9. The lowest BCUT2D eigenvalue weighted by atomic mass is 10.0. The first kappa shape index (κ1) is 24.0. The first-order valence-corrected chi connectivity index (χ1v) is 10.7. The molecule has 0 spiro atoms. The summed E-state index contributed by atoms with van der Waals surface area (Å²) in [6.45, 7) is 2.69. The molecule has 1 atom stereocenters. The van der Waals surface area contributed by atoms with Crippen LogP contribution < -0.4 is 29.7 Å². The normalized spacial score (nSPS) is 14.8. The molecule has 11 nitrogen and oxygen atoms in total. The van der Waals surface area contributed by atoms with Crippen molar-refractivity contribution in [2.24, 2.45) is 0 Å². The van der Waals surface area contributed by atoms with Crippen LogP contribution in [0.2, 0.25) is 0 Å². The largest absolute Gasteiger partial charge is 0.497 e. The molecule has 1 aliphatic rings. The molecule has 1 aromatic heterocycles. The van der Waals surface area contributed by atoms with Gasteiger partial charge in [0.15, 0.2) is 0 Å². The molecule has 3 rings (SSSR count). The standard InChI is InChI=1S/C22H30N6O5/c1-14(29)23-18(13-15-5-7-17(31-2)8-6-15)19(30)24-16-9-11-28(12-10-16)20-25-21(32-3)27-22(26-20)33-4/h5-8,16,18H,9-13H2,1-4H3,(H,23,29)(H,24,30)/t18-/m1/s1. The fourth-order valence-electron chi connectivity index (χ4n) is 3.63. The van der Waals surface area contributed by atoms with E-state index in [1.54, 1.807) is 7.11 Å². The summed E-state index contributed by atoms with van der Waals surface area (Å²) < 4.78 is 15.4. The van der Waals surface area contributed by atoms with Gasteiger partial charge in [-0.15, -0.1) is 4.98 Å². The zero-order valence-corrected chi connectivity index (χ0v) is 19.3. The van der Waals surface area contributed by atoms with Gasteiger partial charge in [0.1, 0.15) is 11.8 Å². The molecule has 0 saturated carbocycles.